The second-order valence-corrected chi connectivity index (χ2v) is 14.0. The van der Waals surface area contributed by atoms with Gasteiger partial charge >= 0.3 is 0 Å². The van der Waals surface area contributed by atoms with Crippen LogP contribution in [-0.4, -0.2) is 121 Å². The van der Waals surface area contributed by atoms with Crippen LogP contribution in [-0.2, 0) is 17.6 Å². The number of nitrogens with one attached hydrogen (secondary N) is 2. The second kappa shape index (κ2) is 19.8. The van der Waals surface area contributed by atoms with Gasteiger partial charge in [-0.3, -0.25) is 24.1 Å². The molecule has 5 aromatic rings. The molecule has 4 amide bonds. The summed E-state index contributed by atoms with van der Waals surface area (Å²) in [6.07, 6.45) is 1.47. The topological polar surface area (TPSA) is 152 Å². The molecular formula is C45H49N5O7. The maximum absolute atomic E-state index is 13.8. The lowest BCUT2D eigenvalue weighted by atomic mass is 10.0. The molecule has 1 saturated heterocycles. The molecule has 12 heteroatoms. The maximum Gasteiger partial charge on any atom is 0.257 e. The Morgan fingerprint density at radius 1 is 0.649 bits per heavy atom. The summed E-state index contributed by atoms with van der Waals surface area (Å²) in [5, 5.41) is 26.1. The summed E-state index contributed by atoms with van der Waals surface area (Å²) in [6.45, 7) is 4.31. The molecule has 0 aliphatic carbocycles. The SMILES string of the molecule is CN(CCN1CCOCC1)C(=O)c1cccc(C(=O)Nc2cc3ccccc3cc2C(=O)Nc2ccc(CCc3ccc(C(=O)N(CCO)CCO)cc3)cc2)c1. The Kier molecular flexibility index (Phi) is 14.1. The molecule has 6 rings (SSSR count). The molecule has 12 nitrogen and oxygen atoms in total. The van der Waals surface area contributed by atoms with Crippen LogP contribution in [0.25, 0.3) is 10.8 Å². The van der Waals surface area contributed by atoms with Gasteiger partial charge in [-0.1, -0.05) is 54.6 Å². The van der Waals surface area contributed by atoms with E-state index in [1.807, 2.05) is 60.7 Å². The van der Waals surface area contributed by atoms with Crippen molar-refractivity contribution in [1.29, 1.82) is 0 Å². The number of aliphatic hydroxyl groups is 2. The highest BCUT2D eigenvalue weighted by Crippen LogP contribution is 2.26. The lowest BCUT2D eigenvalue weighted by Gasteiger charge is -2.28. The average Bonchev–Trinajstić information content (AvgIpc) is 3.25. The third-order valence-corrected chi connectivity index (χ3v) is 10.1. The summed E-state index contributed by atoms with van der Waals surface area (Å²) in [6, 6.07) is 32.7. The summed E-state index contributed by atoms with van der Waals surface area (Å²) in [5.41, 5.74) is 4.53. The number of hydrogen-bond donors (Lipinski definition) is 4. The summed E-state index contributed by atoms with van der Waals surface area (Å²) >= 11 is 0. The van der Waals surface area contributed by atoms with Gasteiger partial charge in [0.1, 0.15) is 0 Å². The van der Waals surface area contributed by atoms with E-state index in [4.69, 9.17) is 4.74 Å². The van der Waals surface area contributed by atoms with Crippen LogP contribution in [0.5, 0.6) is 0 Å². The zero-order valence-electron chi connectivity index (χ0n) is 32.2. The second-order valence-electron chi connectivity index (χ2n) is 14.0. The first-order valence-corrected chi connectivity index (χ1v) is 19.2. The number of likely N-dealkylation sites (N-methyl/N-ethyl adjacent to an activating group) is 1. The fraction of sp³-hybridized carbons (Fsp3) is 0.289. The fourth-order valence-electron chi connectivity index (χ4n) is 6.75. The van der Waals surface area contributed by atoms with Crippen LogP contribution in [0.15, 0.2) is 109 Å². The van der Waals surface area contributed by atoms with Gasteiger partial charge in [-0.15, -0.1) is 0 Å². The van der Waals surface area contributed by atoms with Crippen LogP contribution in [0, 0.1) is 0 Å². The van der Waals surface area contributed by atoms with Crippen molar-refractivity contribution in [1.82, 2.24) is 14.7 Å². The summed E-state index contributed by atoms with van der Waals surface area (Å²) in [5.74, 6) is -1.25. The highest BCUT2D eigenvalue weighted by molar-refractivity contribution is 6.15. The third-order valence-electron chi connectivity index (χ3n) is 10.1. The molecule has 296 valence electrons. The monoisotopic (exact) mass is 771 g/mol. The molecule has 1 aliphatic heterocycles. The predicted molar refractivity (Wildman–Crippen MR) is 221 cm³/mol. The molecule has 0 radical (unpaired) electrons. The highest BCUT2D eigenvalue weighted by atomic mass is 16.5. The van der Waals surface area contributed by atoms with Gasteiger partial charge in [0.05, 0.1) is 37.7 Å². The minimum absolute atomic E-state index is 0.159. The number of carbonyl (C=O) groups is 4. The van der Waals surface area contributed by atoms with Crippen LogP contribution in [0.3, 0.4) is 0 Å². The normalized spacial score (nSPS) is 12.9. The molecule has 1 heterocycles. The van der Waals surface area contributed by atoms with E-state index in [2.05, 4.69) is 15.5 Å². The minimum Gasteiger partial charge on any atom is -0.395 e. The summed E-state index contributed by atoms with van der Waals surface area (Å²) in [4.78, 5) is 58.8. The first-order valence-electron chi connectivity index (χ1n) is 19.2. The van der Waals surface area contributed by atoms with Crippen LogP contribution < -0.4 is 10.6 Å². The van der Waals surface area contributed by atoms with Crippen molar-refractivity contribution in [3.8, 4) is 0 Å². The van der Waals surface area contributed by atoms with Crippen molar-refractivity contribution in [3.63, 3.8) is 0 Å². The smallest absolute Gasteiger partial charge is 0.257 e. The molecule has 1 aliphatic rings. The number of hydrogen-bond acceptors (Lipinski definition) is 8. The van der Waals surface area contributed by atoms with Gasteiger partial charge in [-0.05, 0) is 89.3 Å². The number of fused-ring (bicyclic) bond motifs is 1. The lowest BCUT2D eigenvalue weighted by Crippen LogP contribution is -2.41. The third kappa shape index (κ3) is 10.9. The summed E-state index contributed by atoms with van der Waals surface area (Å²) < 4.78 is 5.41. The number of aliphatic hydroxyl groups excluding tert-OH is 2. The number of aryl methyl sites for hydroxylation is 2. The Balaban J connectivity index is 1.09. The van der Waals surface area contributed by atoms with Gasteiger partial charge in [0.15, 0.2) is 0 Å². The molecule has 4 N–H and O–H groups in total. The molecule has 0 aromatic heterocycles. The number of morpholine rings is 1. The van der Waals surface area contributed by atoms with Crippen LogP contribution in [0.2, 0.25) is 0 Å². The Labute approximate surface area is 332 Å². The molecule has 0 bridgehead atoms. The van der Waals surface area contributed by atoms with Crippen LogP contribution in [0.1, 0.15) is 52.6 Å². The van der Waals surface area contributed by atoms with E-state index in [0.29, 0.717) is 53.4 Å². The van der Waals surface area contributed by atoms with E-state index < -0.39 is 5.91 Å². The van der Waals surface area contributed by atoms with E-state index >= 15 is 0 Å². The number of anilines is 2. The number of ether oxygens (including phenoxy) is 1. The number of nitrogens with zero attached hydrogens (tertiary/aromatic N) is 3. The van der Waals surface area contributed by atoms with E-state index in [1.54, 1.807) is 60.5 Å². The molecule has 1 fully saturated rings. The molecule has 0 atom stereocenters. The van der Waals surface area contributed by atoms with Crippen molar-refractivity contribution >= 4 is 45.8 Å². The minimum atomic E-state index is -0.444. The lowest BCUT2D eigenvalue weighted by molar-refractivity contribution is 0.0338. The quantitative estimate of drug-likeness (QED) is 0.110. The highest BCUT2D eigenvalue weighted by Gasteiger charge is 2.20. The van der Waals surface area contributed by atoms with Gasteiger partial charge in [-0.2, -0.15) is 0 Å². The zero-order chi connectivity index (χ0) is 40.1. The van der Waals surface area contributed by atoms with Gasteiger partial charge < -0.3 is 35.4 Å². The van der Waals surface area contributed by atoms with Crippen molar-refractivity contribution in [2.45, 2.75) is 12.8 Å². The van der Waals surface area contributed by atoms with Crippen molar-refractivity contribution in [2.75, 3.05) is 83.4 Å². The fourth-order valence-corrected chi connectivity index (χ4v) is 6.75. The number of rotatable bonds is 16. The molecule has 0 unspecified atom stereocenters. The van der Waals surface area contributed by atoms with Crippen LogP contribution >= 0.6 is 0 Å². The van der Waals surface area contributed by atoms with E-state index in [1.165, 1.54) is 4.90 Å². The first-order chi connectivity index (χ1) is 27.7. The van der Waals surface area contributed by atoms with Gasteiger partial charge in [-0.25, -0.2) is 0 Å². The van der Waals surface area contributed by atoms with Crippen molar-refractivity contribution in [3.05, 3.63) is 143 Å². The first kappa shape index (κ1) is 40.7. The van der Waals surface area contributed by atoms with E-state index in [9.17, 15) is 29.4 Å². The largest absolute Gasteiger partial charge is 0.395 e. The molecular weight excluding hydrogens is 723 g/mol. The van der Waals surface area contributed by atoms with Crippen molar-refractivity contribution < 1.29 is 34.1 Å². The van der Waals surface area contributed by atoms with Crippen LogP contribution in [0.4, 0.5) is 11.4 Å². The molecule has 57 heavy (non-hydrogen) atoms. The zero-order valence-corrected chi connectivity index (χ0v) is 32.2. The number of carbonyl (C=O) groups excluding carboxylic acids is 4. The Bertz CT molecular complexity index is 2160. The van der Waals surface area contributed by atoms with Gasteiger partial charge in [0, 0.05) is 68.7 Å². The molecule has 5 aromatic carbocycles. The Morgan fingerprint density at radius 3 is 1.91 bits per heavy atom. The molecule has 0 spiro atoms. The predicted octanol–water partition coefficient (Wildman–Crippen LogP) is 4.96. The van der Waals surface area contributed by atoms with E-state index in [0.717, 1.165) is 54.4 Å². The Hall–Kier alpha value is -5.92. The average molecular weight is 772 g/mol. The summed E-state index contributed by atoms with van der Waals surface area (Å²) in [7, 11) is 1.76. The van der Waals surface area contributed by atoms with E-state index in [-0.39, 0.29) is 44.0 Å². The van der Waals surface area contributed by atoms with Gasteiger partial charge in [0.2, 0.25) is 0 Å². The van der Waals surface area contributed by atoms with Gasteiger partial charge in [0.25, 0.3) is 23.6 Å². The maximum atomic E-state index is 13.8. The Morgan fingerprint density at radius 2 is 1.26 bits per heavy atom. The molecule has 0 saturated carbocycles. The number of benzene rings is 5. The number of amides is 4. The standard InChI is InChI=1S/C45H49N5O7/c1-48(19-20-49-23-27-57-28-24-49)44(55)38-8-4-7-37(29-38)42(53)47-41-31-36-6-3-2-5-35(36)30-40(41)43(54)46-39-17-13-33(14-18-39)10-9-32-11-15-34(16-12-32)45(56)50(21-25-51)22-26-52/h2-8,11-18,29-31,51-52H,9-10,19-28H2,1H3,(H,46,54)(H,47,53). The van der Waals surface area contributed by atoms with Crippen molar-refractivity contribution in [2.24, 2.45) is 0 Å².